The molecule has 1 heterocycles. The normalized spacial score (nSPS) is 23.6. The van der Waals surface area contributed by atoms with Crippen LogP contribution in [0.25, 0.3) is 0 Å². The zero-order valence-electron chi connectivity index (χ0n) is 6.74. The van der Waals surface area contributed by atoms with Gasteiger partial charge in [-0.3, -0.25) is 0 Å². The maximum atomic E-state index is 5.23. The second-order valence-electron chi connectivity index (χ2n) is 3.08. The van der Waals surface area contributed by atoms with Gasteiger partial charge < -0.3 is 4.74 Å². The van der Waals surface area contributed by atoms with Gasteiger partial charge in [0.1, 0.15) is 0 Å². The Balaban J connectivity index is 1.94. The first-order chi connectivity index (χ1) is 5.86. The average Bonchev–Trinajstić information content (AvgIpc) is 2.88. The zero-order chi connectivity index (χ0) is 8.39. The van der Waals surface area contributed by atoms with E-state index in [0.717, 1.165) is 13.0 Å². The quantitative estimate of drug-likeness (QED) is 0.468. The second-order valence-corrected chi connectivity index (χ2v) is 4.68. The molecule has 12 heavy (non-hydrogen) atoms. The maximum absolute atomic E-state index is 5.23. The molecular weight excluding hydrogens is 263 g/mol. The number of benzene rings is 1. The van der Waals surface area contributed by atoms with Crippen molar-refractivity contribution in [2.75, 3.05) is 6.61 Å². The third kappa shape index (κ3) is 2.20. The molecule has 0 spiro atoms. The lowest BCUT2D eigenvalue weighted by Crippen LogP contribution is -2.09. The molecule has 1 aliphatic heterocycles. The lowest BCUT2D eigenvalue weighted by molar-refractivity contribution is 0.406. The topological polar surface area (TPSA) is 12.5 Å². The molecule has 2 heteroatoms. The lowest BCUT2D eigenvalue weighted by Gasteiger charge is -2.05. The van der Waals surface area contributed by atoms with Crippen LogP contribution >= 0.6 is 22.6 Å². The molecule has 0 aliphatic carbocycles. The van der Waals surface area contributed by atoms with Crippen LogP contribution in [0.2, 0.25) is 0 Å². The van der Waals surface area contributed by atoms with E-state index in [-0.39, 0.29) is 0 Å². The highest BCUT2D eigenvalue weighted by Crippen LogP contribution is 2.24. The molecule has 1 aromatic rings. The Kier molecular flexibility index (Phi) is 2.66. The maximum Gasteiger partial charge on any atom is 0.0930 e. The molecule has 1 fully saturated rings. The molecule has 0 bridgehead atoms. The van der Waals surface area contributed by atoms with Crippen LogP contribution in [0.4, 0.5) is 0 Å². The van der Waals surface area contributed by atoms with E-state index in [1.54, 1.807) is 0 Å². The Hall–Kier alpha value is -0.0900. The van der Waals surface area contributed by atoms with Crippen LogP contribution in [0.5, 0.6) is 0 Å². The van der Waals surface area contributed by atoms with Crippen molar-refractivity contribution >= 4 is 22.6 Å². The van der Waals surface area contributed by atoms with Gasteiger partial charge in [0.25, 0.3) is 0 Å². The highest BCUT2D eigenvalue weighted by atomic mass is 127. The first-order valence-corrected chi connectivity index (χ1v) is 5.40. The molecule has 1 nitrogen and oxygen atoms in total. The molecule has 1 aromatic carbocycles. The van der Waals surface area contributed by atoms with E-state index in [9.17, 15) is 0 Å². The number of epoxide rings is 1. The van der Waals surface area contributed by atoms with E-state index in [4.69, 9.17) is 4.74 Å². The van der Waals surface area contributed by atoms with Gasteiger partial charge in [-0.25, -0.2) is 0 Å². The summed E-state index contributed by atoms with van der Waals surface area (Å²) in [7, 11) is 0. The van der Waals surface area contributed by atoms with Crippen molar-refractivity contribution in [3.05, 3.63) is 35.9 Å². The third-order valence-electron chi connectivity index (χ3n) is 2.04. The van der Waals surface area contributed by atoms with Gasteiger partial charge in [-0.2, -0.15) is 0 Å². The van der Waals surface area contributed by atoms with Gasteiger partial charge in [-0.05, 0) is 12.0 Å². The third-order valence-corrected chi connectivity index (χ3v) is 3.28. The van der Waals surface area contributed by atoms with Gasteiger partial charge in [0.05, 0.1) is 12.7 Å². The van der Waals surface area contributed by atoms with Gasteiger partial charge >= 0.3 is 0 Å². The number of ether oxygens (including phenoxy) is 1. The number of alkyl halides is 1. The van der Waals surface area contributed by atoms with Crippen molar-refractivity contribution < 1.29 is 4.74 Å². The summed E-state index contributed by atoms with van der Waals surface area (Å²) in [6.07, 6.45) is 1.65. The van der Waals surface area contributed by atoms with Crippen LogP contribution in [0.1, 0.15) is 5.56 Å². The van der Waals surface area contributed by atoms with E-state index in [2.05, 4.69) is 52.9 Å². The fourth-order valence-electron chi connectivity index (χ4n) is 1.24. The molecule has 0 saturated carbocycles. The predicted octanol–water partition coefficient (Wildman–Crippen LogP) is 2.43. The predicted molar refractivity (Wildman–Crippen MR) is 57.7 cm³/mol. The summed E-state index contributed by atoms with van der Waals surface area (Å²) in [5.74, 6) is 0. The molecule has 0 N–H and O–H groups in total. The molecule has 0 amide bonds. The van der Waals surface area contributed by atoms with Gasteiger partial charge in [-0.1, -0.05) is 52.9 Å². The van der Waals surface area contributed by atoms with Crippen molar-refractivity contribution in [1.29, 1.82) is 0 Å². The van der Waals surface area contributed by atoms with E-state index in [0.29, 0.717) is 10.0 Å². The first-order valence-electron chi connectivity index (χ1n) is 4.16. The van der Waals surface area contributed by atoms with Crippen molar-refractivity contribution in [1.82, 2.24) is 0 Å². The molecular formula is C10H11IO. The van der Waals surface area contributed by atoms with Crippen LogP contribution < -0.4 is 0 Å². The summed E-state index contributed by atoms with van der Waals surface area (Å²) >= 11 is 2.47. The molecule has 2 atom stereocenters. The fraction of sp³-hybridized carbons (Fsp3) is 0.400. The van der Waals surface area contributed by atoms with Gasteiger partial charge in [0, 0.05) is 3.92 Å². The van der Waals surface area contributed by atoms with E-state index < -0.39 is 0 Å². The zero-order valence-corrected chi connectivity index (χ0v) is 8.90. The van der Waals surface area contributed by atoms with E-state index in [1.165, 1.54) is 5.56 Å². The van der Waals surface area contributed by atoms with Crippen LogP contribution in [-0.2, 0) is 11.2 Å². The fourth-order valence-corrected chi connectivity index (χ4v) is 2.16. The SMILES string of the molecule is I[C@@H](Cc1ccccc1)C1CO1. The lowest BCUT2D eigenvalue weighted by atomic mass is 10.1. The smallest absolute Gasteiger partial charge is 0.0930 e. The average molecular weight is 274 g/mol. The number of hydrogen-bond acceptors (Lipinski definition) is 1. The van der Waals surface area contributed by atoms with Gasteiger partial charge in [-0.15, -0.1) is 0 Å². The van der Waals surface area contributed by atoms with Gasteiger partial charge in [0.15, 0.2) is 0 Å². The van der Waals surface area contributed by atoms with Crippen molar-refractivity contribution in [2.45, 2.75) is 16.4 Å². The summed E-state index contributed by atoms with van der Waals surface area (Å²) in [5, 5.41) is 0. The Bertz CT molecular complexity index is 243. The van der Waals surface area contributed by atoms with Crippen LogP contribution in [0.3, 0.4) is 0 Å². The summed E-state index contributed by atoms with van der Waals surface area (Å²) in [6, 6.07) is 10.6. The Labute approximate surface area is 86.3 Å². The largest absolute Gasteiger partial charge is 0.372 e. The Morgan fingerprint density at radius 1 is 1.42 bits per heavy atom. The van der Waals surface area contributed by atoms with E-state index >= 15 is 0 Å². The van der Waals surface area contributed by atoms with Crippen LogP contribution in [-0.4, -0.2) is 16.6 Å². The molecule has 1 aliphatic rings. The highest BCUT2D eigenvalue weighted by Gasteiger charge is 2.30. The van der Waals surface area contributed by atoms with Crippen molar-refractivity contribution in [3.8, 4) is 0 Å². The van der Waals surface area contributed by atoms with Crippen molar-refractivity contribution in [2.24, 2.45) is 0 Å². The number of halogens is 1. The molecule has 0 radical (unpaired) electrons. The minimum absolute atomic E-state index is 0.519. The monoisotopic (exact) mass is 274 g/mol. The molecule has 0 aromatic heterocycles. The number of rotatable bonds is 3. The molecule has 64 valence electrons. The minimum atomic E-state index is 0.519. The standard InChI is InChI=1S/C10H11IO/c11-9(10-7-12-10)6-8-4-2-1-3-5-8/h1-5,9-10H,6-7H2/t9-,10?/m0/s1. The van der Waals surface area contributed by atoms with Gasteiger partial charge in [0.2, 0.25) is 0 Å². The summed E-state index contributed by atoms with van der Waals surface area (Å²) in [5.41, 5.74) is 1.41. The van der Waals surface area contributed by atoms with Crippen LogP contribution in [0, 0.1) is 0 Å². The molecule has 1 unspecified atom stereocenters. The second kappa shape index (κ2) is 3.75. The van der Waals surface area contributed by atoms with E-state index in [1.807, 2.05) is 0 Å². The summed E-state index contributed by atoms with van der Waals surface area (Å²) in [6.45, 7) is 0.959. The van der Waals surface area contributed by atoms with Crippen molar-refractivity contribution in [3.63, 3.8) is 0 Å². The molecule has 1 saturated heterocycles. The Morgan fingerprint density at radius 3 is 2.67 bits per heavy atom. The Morgan fingerprint density at radius 2 is 2.08 bits per heavy atom. The molecule has 2 rings (SSSR count). The van der Waals surface area contributed by atoms with Crippen LogP contribution in [0.15, 0.2) is 30.3 Å². The first kappa shape index (κ1) is 8.51. The summed E-state index contributed by atoms with van der Waals surface area (Å²) < 4.78 is 5.88. The number of hydrogen-bond donors (Lipinski definition) is 0. The highest BCUT2D eigenvalue weighted by molar-refractivity contribution is 14.1. The minimum Gasteiger partial charge on any atom is -0.372 e. The summed E-state index contributed by atoms with van der Waals surface area (Å²) in [4.78, 5) is 0.